The van der Waals surface area contributed by atoms with Crippen LogP contribution >= 0.6 is 23.2 Å². The van der Waals surface area contributed by atoms with E-state index in [1.165, 1.54) is 18.4 Å². The number of hydrogen-bond acceptors (Lipinski definition) is 3. The van der Waals surface area contributed by atoms with E-state index in [-0.39, 0.29) is 27.3 Å². The molecule has 0 saturated heterocycles. The van der Waals surface area contributed by atoms with Gasteiger partial charge in [-0.2, -0.15) is 0 Å². The monoisotopic (exact) mass is 352 g/mol. The van der Waals surface area contributed by atoms with Gasteiger partial charge < -0.3 is 15.7 Å². The molecule has 1 rings (SSSR count). The van der Waals surface area contributed by atoms with Crippen molar-refractivity contribution in [3.8, 4) is 0 Å². The maximum Gasteiger partial charge on any atom is 0.335 e. The molecular weight excluding hydrogens is 339 g/mol. The van der Waals surface area contributed by atoms with Gasteiger partial charge in [-0.05, 0) is 19.1 Å². The number of halogens is 2. The van der Waals surface area contributed by atoms with E-state index < -0.39 is 22.8 Å². The SMILES string of the molecule is CC(CS(C)=O)NC(=O)Nc1c(Cl)cc(C(=O)O)cc1Cl. The number of aromatic carboxylic acids is 1. The molecule has 0 aliphatic heterocycles. The standard InChI is InChI=1S/C12H14Cl2N2O4S/c1-6(5-21(2)20)15-12(19)16-10-8(13)3-7(11(17)18)4-9(10)14/h3-4,6H,5H2,1-2H3,(H,17,18)(H2,15,16,19). The molecule has 0 aromatic heterocycles. The van der Waals surface area contributed by atoms with E-state index >= 15 is 0 Å². The third kappa shape index (κ3) is 5.53. The topological polar surface area (TPSA) is 95.5 Å². The number of hydrogen-bond donors (Lipinski definition) is 3. The van der Waals surface area contributed by atoms with Gasteiger partial charge in [-0.25, -0.2) is 9.59 Å². The largest absolute Gasteiger partial charge is 0.478 e. The summed E-state index contributed by atoms with van der Waals surface area (Å²) in [7, 11) is -1.04. The number of carbonyl (C=O) groups is 2. The summed E-state index contributed by atoms with van der Waals surface area (Å²) in [5, 5.41) is 13.9. The van der Waals surface area contributed by atoms with Crippen LogP contribution in [-0.4, -0.2) is 39.4 Å². The molecule has 0 fully saturated rings. The Bertz CT molecular complexity index is 572. The second-order valence-corrected chi connectivity index (χ2v) is 6.65. The van der Waals surface area contributed by atoms with Gasteiger partial charge in [0.25, 0.3) is 0 Å². The minimum absolute atomic E-state index is 0.0155. The quantitative estimate of drug-likeness (QED) is 0.758. The molecule has 0 saturated carbocycles. The molecule has 1 aromatic carbocycles. The third-order valence-electron chi connectivity index (χ3n) is 2.39. The van der Waals surface area contributed by atoms with Crippen molar-refractivity contribution in [1.82, 2.24) is 5.32 Å². The third-order valence-corrected chi connectivity index (χ3v) is 3.96. The van der Waals surface area contributed by atoms with Crippen LogP contribution in [0.2, 0.25) is 10.0 Å². The minimum Gasteiger partial charge on any atom is -0.478 e. The molecule has 2 amide bonds. The lowest BCUT2D eigenvalue weighted by atomic mass is 10.2. The molecule has 1 aromatic rings. The number of anilines is 1. The molecule has 21 heavy (non-hydrogen) atoms. The van der Waals surface area contributed by atoms with E-state index in [1.54, 1.807) is 6.92 Å². The van der Waals surface area contributed by atoms with Crippen molar-refractivity contribution >= 4 is 51.7 Å². The zero-order valence-corrected chi connectivity index (χ0v) is 13.6. The molecule has 0 aliphatic carbocycles. The highest BCUT2D eigenvalue weighted by molar-refractivity contribution is 7.84. The lowest BCUT2D eigenvalue weighted by Crippen LogP contribution is -2.39. The van der Waals surface area contributed by atoms with Crippen LogP contribution in [0.3, 0.4) is 0 Å². The first-order valence-electron chi connectivity index (χ1n) is 5.80. The summed E-state index contributed by atoms with van der Waals surface area (Å²) in [5.41, 5.74) is 0.0383. The molecular formula is C12H14Cl2N2O4S. The smallest absolute Gasteiger partial charge is 0.335 e. The fourth-order valence-corrected chi connectivity index (χ4v) is 2.95. The molecule has 3 N–H and O–H groups in total. The number of urea groups is 1. The lowest BCUT2D eigenvalue weighted by Gasteiger charge is -2.15. The highest BCUT2D eigenvalue weighted by atomic mass is 35.5. The van der Waals surface area contributed by atoms with Crippen LogP contribution < -0.4 is 10.6 Å². The summed E-state index contributed by atoms with van der Waals surface area (Å²) in [5.74, 6) is -0.860. The molecule has 0 bridgehead atoms. The van der Waals surface area contributed by atoms with Crippen molar-refractivity contribution in [2.75, 3.05) is 17.3 Å². The van der Waals surface area contributed by atoms with Crippen LogP contribution in [0.1, 0.15) is 17.3 Å². The van der Waals surface area contributed by atoms with Crippen LogP contribution in [0.4, 0.5) is 10.5 Å². The molecule has 0 spiro atoms. The van der Waals surface area contributed by atoms with Gasteiger partial charge in [0.05, 0.1) is 21.3 Å². The Kier molecular flexibility index (Phi) is 6.44. The number of rotatable bonds is 5. The fraction of sp³-hybridized carbons (Fsp3) is 0.333. The second-order valence-electron chi connectivity index (χ2n) is 4.36. The Labute approximate surface area is 134 Å². The van der Waals surface area contributed by atoms with Gasteiger partial charge in [0.15, 0.2) is 0 Å². The van der Waals surface area contributed by atoms with Crippen molar-refractivity contribution in [2.24, 2.45) is 0 Å². The average Bonchev–Trinajstić information content (AvgIpc) is 2.32. The van der Waals surface area contributed by atoms with E-state index in [0.29, 0.717) is 5.75 Å². The summed E-state index contributed by atoms with van der Waals surface area (Å²) < 4.78 is 11.0. The van der Waals surface area contributed by atoms with Crippen molar-refractivity contribution in [2.45, 2.75) is 13.0 Å². The molecule has 0 aliphatic rings. The zero-order chi connectivity index (χ0) is 16.2. The number of nitrogens with one attached hydrogen (secondary N) is 2. The summed E-state index contributed by atoms with van der Waals surface area (Å²) in [6.07, 6.45) is 1.54. The van der Waals surface area contributed by atoms with E-state index in [0.717, 1.165) is 0 Å². The van der Waals surface area contributed by atoms with Gasteiger partial charge in [-0.1, -0.05) is 23.2 Å². The van der Waals surface area contributed by atoms with Crippen molar-refractivity contribution in [3.63, 3.8) is 0 Å². The van der Waals surface area contributed by atoms with Crippen LogP contribution in [0.15, 0.2) is 12.1 Å². The van der Waals surface area contributed by atoms with Crippen LogP contribution in [0.25, 0.3) is 0 Å². The number of carbonyl (C=O) groups excluding carboxylic acids is 1. The summed E-state index contributed by atoms with van der Waals surface area (Å²) >= 11 is 11.8. The first-order valence-corrected chi connectivity index (χ1v) is 8.29. The first-order chi connectivity index (χ1) is 9.70. The van der Waals surface area contributed by atoms with Crippen LogP contribution in [-0.2, 0) is 10.8 Å². The van der Waals surface area contributed by atoms with Gasteiger partial charge in [0, 0.05) is 28.9 Å². The van der Waals surface area contributed by atoms with E-state index in [1.807, 2.05) is 0 Å². The van der Waals surface area contributed by atoms with Gasteiger partial charge in [-0.3, -0.25) is 4.21 Å². The van der Waals surface area contributed by atoms with Crippen molar-refractivity contribution in [1.29, 1.82) is 0 Å². The van der Waals surface area contributed by atoms with E-state index in [4.69, 9.17) is 28.3 Å². The number of carboxylic acid groups (broad SMARTS) is 1. The number of carboxylic acids is 1. The molecule has 0 heterocycles. The number of benzene rings is 1. The highest BCUT2D eigenvalue weighted by Gasteiger charge is 2.15. The van der Waals surface area contributed by atoms with Crippen molar-refractivity contribution in [3.05, 3.63) is 27.7 Å². The van der Waals surface area contributed by atoms with Gasteiger partial charge in [0.2, 0.25) is 0 Å². The van der Waals surface area contributed by atoms with Crippen LogP contribution in [0, 0.1) is 0 Å². The molecule has 9 heteroatoms. The first kappa shape index (κ1) is 17.7. The Morgan fingerprint density at radius 3 is 2.29 bits per heavy atom. The summed E-state index contributed by atoms with van der Waals surface area (Å²) in [6, 6.07) is 1.51. The van der Waals surface area contributed by atoms with Gasteiger partial charge in [-0.15, -0.1) is 0 Å². The molecule has 2 atom stereocenters. The van der Waals surface area contributed by atoms with Crippen molar-refractivity contribution < 1.29 is 18.9 Å². The Balaban J connectivity index is 2.81. The molecule has 2 unspecified atom stereocenters. The Hall–Kier alpha value is -1.31. The zero-order valence-electron chi connectivity index (χ0n) is 11.3. The summed E-state index contributed by atoms with van der Waals surface area (Å²) in [6.45, 7) is 1.71. The fourth-order valence-electron chi connectivity index (χ4n) is 1.58. The normalized spacial score (nSPS) is 13.3. The average molecular weight is 353 g/mol. The lowest BCUT2D eigenvalue weighted by molar-refractivity contribution is 0.0697. The second kappa shape index (κ2) is 7.63. The minimum atomic E-state index is -1.17. The summed E-state index contributed by atoms with van der Waals surface area (Å²) in [4.78, 5) is 22.6. The van der Waals surface area contributed by atoms with E-state index in [9.17, 15) is 13.8 Å². The predicted octanol–water partition coefficient (Wildman–Crippen LogP) is 2.58. The maximum absolute atomic E-state index is 11.8. The van der Waals surface area contributed by atoms with Crippen LogP contribution in [0.5, 0.6) is 0 Å². The highest BCUT2D eigenvalue weighted by Crippen LogP contribution is 2.31. The number of amides is 2. The predicted molar refractivity (Wildman–Crippen MR) is 84.0 cm³/mol. The molecule has 0 radical (unpaired) electrons. The molecule has 116 valence electrons. The van der Waals surface area contributed by atoms with Gasteiger partial charge in [0.1, 0.15) is 0 Å². The van der Waals surface area contributed by atoms with E-state index in [2.05, 4.69) is 10.6 Å². The van der Waals surface area contributed by atoms with Gasteiger partial charge >= 0.3 is 12.0 Å². The Morgan fingerprint density at radius 2 is 1.86 bits per heavy atom. The molecule has 6 nitrogen and oxygen atoms in total. The Morgan fingerprint density at radius 1 is 1.33 bits per heavy atom. The maximum atomic E-state index is 11.8.